The van der Waals surface area contributed by atoms with Crippen molar-refractivity contribution >= 4 is 11.6 Å². The Hall–Kier alpha value is -2.80. The number of hydrogen-bond donors (Lipinski definition) is 0. The molecule has 0 heterocycles. The van der Waals surface area contributed by atoms with Gasteiger partial charge >= 0.3 is 0 Å². The highest BCUT2D eigenvalue weighted by atomic mass is 16.5. The number of hydrogen-bond acceptors (Lipinski definition) is 1. The van der Waals surface area contributed by atoms with Crippen LogP contribution in [-0.4, -0.2) is 0 Å². The summed E-state index contributed by atoms with van der Waals surface area (Å²) in [6.45, 7) is 2.12. The molecule has 0 bridgehead atoms. The molecule has 3 aromatic rings. The molecule has 0 spiro atoms. The topological polar surface area (TPSA) is 9.23 Å². The number of ether oxygens (including phenoxy) is 1. The summed E-state index contributed by atoms with van der Waals surface area (Å²) >= 11 is 0. The van der Waals surface area contributed by atoms with E-state index in [1.165, 1.54) is 11.1 Å². The third-order valence-corrected chi connectivity index (χ3v) is 3.45. The third kappa shape index (κ3) is 3.64. The Morgan fingerprint density at radius 1 is 0.727 bits per heavy atom. The van der Waals surface area contributed by atoms with Gasteiger partial charge in [0, 0.05) is 0 Å². The molecule has 0 atom stereocenters. The van der Waals surface area contributed by atoms with Gasteiger partial charge in [-0.25, -0.2) is 0 Å². The zero-order chi connectivity index (χ0) is 15.2. The van der Waals surface area contributed by atoms with Crippen LogP contribution < -0.4 is 4.74 Å². The lowest BCUT2D eigenvalue weighted by molar-refractivity contribution is 0.482. The van der Waals surface area contributed by atoms with Gasteiger partial charge in [0.05, 0.1) is 0 Å². The summed E-state index contributed by atoms with van der Waals surface area (Å²) in [6, 6.07) is 28.4. The Balaban J connectivity index is 1.83. The fourth-order valence-corrected chi connectivity index (χ4v) is 2.31. The summed E-state index contributed by atoms with van der Waals surface area (Å²) in [5.41, 5.74) is 3.58. The summed E-state index contributed by atoms with van der Waals surface area (Å²) in [4.78, 5) is 0. The van der Waals surface area contributed by atoms with Crippen molar-refractivity contribution in [2.75, 3.05) is 0 Å². The van der Waals surface area contributed by atoms with Crippen LogP contribution in [-0.2, 0) is 0 Å². The van der Waals surface area contributed by atoms with Gasteiger partial charge in [-0.2, -0.15) is 0 Å². The largest absolute Gasteiger partial charge is 0.457 e. The molecule has 3 rings (SSSR count). The average Bonchev–Trinajstić information content (AvgIpc) is 2.57. The van der Waals surface area contributed by atoms with E-state index in [1.54, 1.807) is 0 Å². The minimum atomic E-state index is 0.851. The van der Waals surface area contributed by atoms with Crippen molar-refractivity contribution in [3.63, 3.8) is 0 Å². The van der Waals surface area contributed by atoms with Crippen molar-refractivity contribution < 1.29 is 4.74 Å². The molecule has 0 aromatic heterocycles. The Morgan fingerprint density at radius 2 is 1.36 bits per heavy atom. The van der Waals surface area contributed by atoms with Gasteiger partial charge in [-0.15, -0.1) is 0 Å². The van der Waals surface area contributed by atoms with Gasteiger partial charge in [0.2, 0.25) is 0 Å². The predicted octanol–water partition coefficient (Wildman–Crippen LogP) is 6.04. The molecule has 0 radical (unpaired) electrons. The quantitative estimate of drug-likeness (QED) is 0.531. The zero-order valence-corrected chi connectivity index (χ0v) is 12.6. The van der Waals surface area contributed by atoms with Gasteiger partial charge in [0.15, 0.2) is 0 Å². The van der Waals surface area contributed by atoms with Crippen LogP contribution in [0.3, 0.4) is 0 Å². The van der Waals surface area contributed by atoms with Gasteiger partial charge < -0.3 is 4.74 Å². The molecule has 1 nitrogen and oxygen atoms in total. The molecule has 1 heteroatoms. The zero-order valence-electron chi connectivity index (χ0n) is 12.6. The van der Waals surface area contributed by atoms with E-state index in [9.17, 15) is 0 Å². The maximum Gasteiger partial charge on any atom is 0.128 e. The lowest BCUT2D eigenvalue weighted by Gasteiger charge is -2.08. The van der Waals surface area contributed by atoms with E-state index in [2.05, 4.69) is 37.3 Å². The highest BCUT2D eigenvalue weighted by Crippen LogP contribution is 2.25. The minimum absolute atomic E-state index is 0.851. The van der Waals surface area contributed by atoms with Crippen molar-refractivity contribution in [3.05, 3.63) is 96.1 Å². The monoisotopic (exact) mass is 286 g/mol. The van der Waals surface area contributed by atoms with Crippen LogP contribution in [0, 0.1) is 0 Å². The molecule has 3 aromatic carbocycles. The fourth-order valence-electron chi connectivity index (χ4n) is 2.31. The maximum atomic E-state index is 5.89. The normalized spacial score (nSPS) is 11.2. The van der Waals surface area contributed by atoms with Crippen LogP contribution in [0.4, 0.5) is 0 Å². The summed E-state index contributed by atoms with van der Waals surface area (Å²) in [5.74, 6) is 1.70. The highest BCUT2D eigenvalue weighted by molar-refractivity contribution is 5.80. The first-order chi connectivity index (χ1) is 10.8. The van der Waals surface area contributed by atoms with Crippen molar-refractivity contribution in [1.29, 1.82) is 0 Å². The Bertz CT molecular complexity index is 758. The lowest BCUT2D eigenvalue weighted by atomic mass is 10.0. The van der Waals surface area contributed by atoms with Crippen LogP contribution in [0.5, 0.6) is 11.5 Å². The average molecular weight is 286 g/mol. The van der Waals surface area contributed by atoms with Crippen molar-refractivity contribution in [1.82, 2.24) is 0 Å². The molecular weight excluding hydrogens is 268 g/mol. The van der Waals surface area contributed by atoms with Gasteiger partial charge in [0.25, 0.3) is 0 Å². The summed E-state index contributed by atoms with van der Waals surface area (Å²) in [6.07, 6.45) is 2.18. The van der Waals surface area contributed by atoms with Gasteiger partial charge in [0.1, 0.15) is 11.5 Å². The lowest BCUT2D eigenvalue weighted by Crippen LogP contribution is -1.86. The van der Waals surface area contributed by atoms with Crippen LogP contribution in [0.1, 0.15) is 18.1 Å². The summed E-state index contributed by atoms with van der Waals surface area (Å²) in [7, 11) is 0. The highest BCUT2D eigenvalue weighted by Gasteiger charge is 2.01. The van der Waals surface area contributed by atoms with Crippen molar-refractivity contribution in [2.45, 2.75) is 6.92 Å². The Kier molecular flexibility index (Phi) is 4.35. The van der Waals surface area contributed by atoms with Crippen LogP contribution >= 0.6 is 0 Å². The second-order valence-corrected chi connectivity index (χ2v) is 5.18. The van der Waals surface area contributed by atoms with Crippen molar-refractivity contribution in [3.8, 4) is 11.5 Å². The first-order valence-electron chi connectivity index (χ1n) is 7.38. The SMILES string of the molecule is C/C(=C\c1ccccc1)c1cccc(Oc2ccccc2)c1. The molecule has 0 saturated heterocycles. The molecule has 0 aliphatic rings. The molecule has 0 aliphatic carbocycles. The van der Waals surface area contributed by atoms with Crippen LogP contribution in [0.15, 0.2) is 84.9 Å². The number of benzene rings is 3. The molecule has 0 aliphatic heterocycles. The number of rotatable bonds is 4. The third-order valence-electron chi connectivity index (χ3n) is 3.45. The van der Waals surface area contributed by atoms with E-state index in [0.29, 0.717) is 0 Å². The minimum Gasteiger partial charge on any atom is -0.457 e. The molecule has 0 unspecified atom stereocenters. The van der Waals surface area contributed by atoms with E-state index >= 15 is 0 Å². The molecule has 0 N–H and O–H groups in total. The number of para-hydroxylation sites is 1. The smallest absolute Gasteiger partial charge is 0.128 e. The van der Waals surface area contributed by atoms with E-state index in [1.807, 2.05) is 60.7 Å². The molecule has 22 heavy (non-hydrogen) atoms. The van der Waals surface area contributed by atoms with Gasteiger partial charge in [-0.05, 0) is 47.9 Å². The van der Waals surface area contributed by atoms with Crippen LogP contribution in [0.2, 0.25) is 0 Å². The van der Waals surface area contributed by atoms with Gasteiger partial charge in [-0.3, -0.25) is 0 Å². The first-order valence-corrected chi connectivity index (χ1v) is 7.38. The van der Waals surface area contributed by atoms with E-state index in [4.69, 9.17) is 4.74 Å². The van der Waals surface area contributed by atoms with E-state index in [0.717, 1.165) is 17.1 Å². The molecule has 0 amide bonds. The Morgan fingerprint density at radius 3 is 2.09 bits per heavy atom. The standard InChI is InChI=1S/C21H18O/c1-17(15-18-9-4-2-5-10-18)19-11-8-14-21(16-19)22-20-12-6-3-7-13-20/h2-16H,1H3/b17-15+. The van der Waals surface area contributed by atoms with Crippen molar-refractivity contribution in [2.24, 2.45) is 0 Å². The fraction of sp³-hybridized carbons (Fsp3) is 0.0476. The summed E-state index contributed by atoms with van der Waals surface area (Å²) < 4.78 is 5.89. The molecule has 0 fully saturated rings. The first kappa shape index (κ1) is 14.2. The molecule has 0 saturated carbocycles. The Labute approximate surface area is 131 Å². The van der Waals surface area contributed by atoms with Crippen LogP contribution in [0.25, 0.3) is 11.6 Å². The molecular formula is C21H18O. The second kappa shape index (κ2) is 6.77. The summed E-state index contributed by atoms with van der Waals surface area (Å²) in [5, 5.41) is 0. The molecule has 108 valence electrons. The second-order valence-electron chi connectivity index (χ2n) is 5.18. The van der Waals surface area contributed by atoms with E-state index < -0.39 is 0 Å². The number of allylic oxidation sites excluding steroid dienone is 1. The predicted molar refractivity (Wildman–Crippen MR) is 92.9 cm³/mol. The van der Waals surface area contributed by atoms with E-state index in [-0.39, 0.29) is 0 Å². The maximum absolute atomic E-state index is 5.89. The van der Waals surface area contributed by atoms with Gasteiger partial charge in [-0.1, -0.05) is 66.7 Å².